The summed E-state index contributed by atoms with van der Waals surface area (Å²) in [4.78, 5) is 24.7. The van der Waals surface area contributed by atoms with E-state index >= 15 is 0 Å². The van der Waals surface area contributed by atoms with Gasteiger partial charge in [0.25, 0.3) is 0 Å². The zero-order valence-electron chi connectivity index (χ0n) is 52.6. The minimum atomic E-state index is -8.23. The number of ether oxygens (including phenoxy) is 8. The SMILES string of the molecule is C=C(C)C(=O)OCCOCCOCCOCCOC(=O)c1cc(OCCCCCCC(F)(F)C(F)(F)C(F)(F)C(F)(F)C(F)(F)C(F)(F)F)c(OCCCCCCC(F)(F)C(F)(F)C(F)(F)C(F)(F)C(F)(F)C(F)(F)F)c(OCCCCCCC(F)(F)C(F)(F)C(F)(F)C(F)(F)C(F)(F)C(F)(F)F)c1. The number of hydrogen-bond acceptors (Lipinski definition) is 10. The Bertz CT molecular complexity index is 2750. The van der Waals surface area contributed by atoms with Gasteiger partial charge in [0.1, 0.15) is 13.2 Å². The molecule has 0 bridgehead atoms. The molecular formula is C55H59F39O10. The molecule has 0 unspecified atom stereocenters. The Morgan fingerprint density at radius 3 is 0.779 bits per heavy atom. The lowest BCUT2D eigenvalue weighted by molar-refractivity contribution is -0.440. The average molecular weight is 1620 g/mol. The molecule has 0 aromatic heterocycles. The van der Waals surface area contributed by atoms with E-state index in [1.807, 2.05) is 0 Å². The first-order valence-corrected chi connectivity index (χ1v) is 29.3. The summed E-state index contributed by atoms with van der Waals surface area (Å²) in [5, 5.41) is 0. The van der Waals surface area contributed by atoms with Crippen LogP contribution in [-0.4, -0.2) is 192 Å². The Balaban J connectivity index is 3.63. The summed E-state index contributed by atoms with van der Waals surface area (Å²) in [6, 6.07) is 1.30. The van der Waals surface area contributed by atoms with E-state index in [9.17, 15) is 181 Å². The van der Waals surface area contributed by atoms with Gasteiger partial charge in [0.15, 0.2) is 11.5 Å². The van der Waals surface area contributed by atoms with Crippen molar-refractivity contribution in [3.63, 3.8) is 0 Å². The molecule has 1 aromatic rings. The minimum absolute atomic E-state index is 0.0249. The van der Waals surface area contributed by atoms with Crippen LogP contribution in [0.3, 0.4) is 0 Å². The molecule has 10 nitrogen and oxygen atoms in total. The Labute approximate surface area is 560 Å². The van der Waals surface area contributed by atoms with Gasteiger partial charge in [-0.15, -0.1) is 0 Å². The molecule has 612 valence electrons. The van der Waals surface area contributed by atoms with Gasteiger partial charge in [-0.3, -0.25) is 0 Å². The molecule has 0 atom stereocenters. The van der Waals surface area contributed by atoms with Gasteiger partial charge in [0.2, 0.25) is 5.75 Å². The number of hydrogen-bond donors (Lipinski definition) is 0. The molecule has 0 heterocycles. The maximum Gasteiger partial charge on any atom is 0.460 e. The van der Waals surface area contributed by atoms with Gasteiger partial charge in [-0.2, -0.15) is 171 Å². The molecule has 0 saturated carbocycles. The van der Waals surface area contributed by atoms with Crippen LogP contribution >= 0.6 is 0 Å². The summed E-state index contributed by atoms with van der Waals surface area (Å²) in [6.07, 6.45) is -42.0. The first-order valence-electron chi connectivity index (χ1n) is 29.3. The Morgan fingerprint density at radius 2 is 0.519 bits per heavy atom. The van der Waals surface area contributed by atoms with E-state index in [4.69, 9.17) is 37.9 Å². The lowest BCUT2D eigenvalue weighted by Crippen LogP contribution is -2.70. The third kappa shape index (κ3) is 21.4. The molecule has 0 N–H and O–H groups in total. The molecular weight excluding hydrogens is 1560 g/mol. The standard InChI is InChI=1S/C55H59F39O10/c1-31(2)36(95)103-27-25-98-23-21-97-22-24-99-26-28-104-37(96)32-29-33(100-18-12-6-3-9-15-38(56,57)41(62,63)44(68,69)47(74,75)50(80,81)53(86,87)88)35(102-20-14-8-5-11-17-40(60,61)43(66,67)46(72,73)49(78,79)52(84,85)55(92,93)94)34(30-32)101-19-13-7-4-10-16-39(58,59)42(64,65)45(70,71)48(76,77)51(82,83)54(89,90)91/h29-30H,1,3-28H2,2H3. The van der Waals surface area contributed by atoms with Crippen molar-refractivity contribution in [1.82, 2.24) is 0 Å². The fourth-order valence-corrected chi connectivity index (χ4v) is 8.01. The number of halogens is 39. The second kappa shape index (κ2) is 35.7. The predicted octanol–water partition coefficient (Wildman–Crippen LogP) is 20.2. The summed E-state index contributed by atoms with van der Waals surface area (Å²) >= 11 is 0. The van der Waals surface area contributed by atoms with Crippen LogP contribution in [0.5, 0.6) is 17.2 Å². The van der Waals surface area contributed by atoms with Gasteiger partial charge in [-0.05, 0) is 57.6 Å². The lowest BCUT2D eigenvalue weighted by atomic mass is 9.91. The zero-order chi connectivity index (χ0) is 81.5. The molecule has 1 aromatic carbocycles. The number of rotatable bonds is 50. The summed E-state index contributed by atoms with van der Waals surface area (Å²) < 4.78 is 573. The fraction of sp³-hybridized carbons (Fsp3) is 0.818. The highest BCUT2D eigenvalue weighted by molar-refractivity contribution is 5.91. The first-order chi connectivity index (χ1) is 46.6. The smallest absolute Gasteiger partial charge is 0.460 e. The molecule has 0 saturated heterocycles. The Morgan fingerprint density at radius 1 is 0.288 bits per heavy atom. The van der Waals surface area contributed by atoms with Crippen LogP contribution in [0.1, 0.15) is 114 Å². The van der Waals surface area contributed by atoms with Crippen molar-refractivity contribution in [2.75, 3.05) is 72.7 Å². The number of benzene rings is 1. The fourth-order valence-electron chi connectivity index (χ4n) is 8.01. The van der Waals surface area contributed by atoms with Gasteiger partial charge in [-0.1, -0.05) is 45.1 Å². The third-order valence-electron chi connectivity index (χ3n) is 14.2. The van der Waals surface area contributed by atoms with Crippen LogP contribution in [0.15, 0.2) is 24.3 Å². The topological polar surface area (TPSA) is 108 Å². The van der Waals surface area contributed by atoms with Crippen molar-refractivity contribution >= 4 is 11.9 Å². The van der Waals surface area contributed by atoms with Gasteiger partial charge in [-0.25, -0.2) is 9.59 Å². The molecule has 0 aliphatic carbocycles. The van der Waals surface area contributed by atoms with Crippen LogP contribution in [0.25, 0.3) is 0 Å². The van der Waals surface area contributed by atoms with Crippen LogP contribution < -0.4 is 14.2 Å². The number of unbranched alkanes of at least 4 members (excludes halogenated alkanes) is 9. The van der Waals surface area contributed by atoms with E-state index in [1.54, 1.807) is 0 Å². The molecule has 0 radical (unpaired) electrons. The quantitative estimate of drug-likeness (QED) is 0.0271. The monoisotopic (exact) mass is 1620 g/mol. The highest BCUT2D eigenvalue weighted by Gasteiger charge is 2.93. The van der Waals surface area contributed by atoms with E-state index in [-0.39, 0.29) is 45.2 Å². The molecule has 1 rings (SSSR count). The van der Waals surface area contributed by atoms with Gasteiger partial charge in [0.05, 0.1) is 65.0 Å². The van der Waals surface area contributed by atoms with Gasteiger partial charge in [0, 0.05) is 24.8 Å². The maximum absolute atomic E-state index is 14.4. The summed E-state index contributed by atoms with van der Waals surface area (Å²) in [5.74, 6) is -120. The highest BCUT2D eigenvalue weighted by Crippen LogP contribution is 2.64. The second-order valence-corrected chi connectivity index (χ2v) is 22.2. The number of alkyl halides is 39. The third-order valence-corrected chi connectivity index (χ3v) is 14.2. The van der Waals surface area contributed by atoms with Gasteiger partial charge >= 0.3 is 119 Å². The van der Waals surface area contributed by atoms with Crippen LogP contribution in [0.4, 0.5) is 171 Å². The van der Waals surface area contributed by atoms with Crippen molar-refractivity contribution in [3.8, 4) is 17.2 Å². The molecule has 0 amide bonds. The van der Waals surface area contributed by atoms with E-state index in [2.05, 4.69) is 6.58 Å². The maximum atomic E-state index is 14.4. The number of carbonyl (C=O) groups is 2. The van der Waals surface area contributed by atoms with Crippen LogP contribution in [0, 0.1) is 0 Å². The Hall–Kier alpha value is -5.55. The van der Waals surface area contributed by atoms with Crippen molar-refractivity contribution in [3.05, 3.63) is 29.8 Å². The lowest BCUT2D eigenvalue weighted by Gasteiger charge is -2.39. The van der Waals surface area contributed by atoms with Crippen molar-refractivity contribution < 1.29 is 219 Å². The highest BCUT2D eigenvalue weighted by atomic mass is 19.5. The Kier molecular flexibility index (Phi) is 33.1. The molecule has 0 aliphatic heterocycles. The van der Waals surface area contributed by atoms with E-state index in [0.717, 1.165) is 0 Å². The van der Waals surface area contributed by atoms with Crippen molar-refractivity contribution in [2.24, 2.45) is 0 Å². The van der Waals surface area contributed by atoms with Gasteiger partial charge < -0.3 is 37.9 Å². The summed E-state index contributed by atoms with van der Waals surface area (Å²) in [6.45, 7) is 0.286. The normalized spacial score (nSPS) is 14.6. The second-order valence-electron chi connectivity index (χ2n) is 22.2. The molecule has 49 heteroatoms. The first kappa shape index (κ1) is 96.5. The van der Waals surface area contributed by atoms with Crippen molar-refractivity contribution in [2.45, 2.75) is 211 Å². The predicted molar refractivity (Wildman–Crippen MR) is 273 cm³/mol. The average Bonchev–Trinajstić information content (AvgIpc) is 0.725. The molecule has 0 aliphatic rings. The summed E-state index contributed by atoms with van der Waals surface area (Å²) in [7, 11) is 0. The van der Waals surface area contributed by atoms with E-state index in [1.165, 1.54) is 6.92 Å². The largest absolute Gasteiger partial charge is 0.490 e. The number of carbonyl (C=O) groups excluding carboxylic acids is 2. The zero-order valence-corrected chi connectivity index (χ0v) is 52.6. The van der Waals surface area contributed by atoms with Crippen LogP contribution in [-0.2, 0) is 28.5 Å². The summed E-state index contributed by atoms with van der Waals surface area (Å²) in [5.41, 5.74) is -0.628. The molecule has 0 spiro atoms. The molecule has 104 heavy (non-hydrogen) atoms. The minimum Gasteiger partial charge on any atom is -0.490 e. The van der Waals surface area contributed by atoms with Crippen molar-refractivity contribution in [1.29, 1.82) is 0 Å². The van der Waals surface area contributed by atoms with E-state index < -0.39 is 271 Å². The molecule has 0 fully saturated rings. The van der Waals surface area contributed by atoms with Crippen LogP contribution in [0.2, 0.25) is 0 Å². The number of esters is 2. The van der Waals surface area contributed by atoms with E-state index in [0.29, 0.717) is 12.1 Å².